The average Bonchev–Trinajstić information content (AvgIpc) is 2.87. The molecule has 3 rings (SSSR count). The number of rotatable bonds is 4. The van der Waals surface area contributed by atoms with E-state index in [0.717, 1.165) is 25.3 Å². The summed E-state index contributed by atoms with van der Waals surface area (Å²) in [6, 6.07) is 15.6. The van der Waals surface area contributed by atoms with E-state index in [4.69, 9.17) is 16.3 Å². The Bertz CT molecular complexity index is 720. The van der Waals surface area contributed by atoms with Crippen molar-refractivity contribution in [1.82, 2.24) is 4.90 Å². The molecular weight excluding hydrogens is 354 g/mol. The number of nitrogens with zero attached hydrogens (tertiary/aromatic N) is 1. The second-order valence-corrected chi connectivity index (χ2v) is 7.88. The van der Waals surface area contributed by atoms with Crippen LogP contribution < -0.4 is 4.74 Å². The Balaban J connectivity index is 1.54. The van der Waals surface area contributed by atoms with E-state index < -0.39 is 0 Å². The number of aryl methyl sites for hydroxylation is 1. The fourth-order valence-corrected chi connectivity index (χ4v) is 4.44. The number of halogens is 1. The van der Waals surface area contributed by atoms with Crippen LogP contribution in [0.15, 0.2) is 48.5 Å². The number of benzene rings is 2. The summed E-state index contributed by atoms with van der Waals surface area (Å²) in [7, 11) is 0. The van der Waals surface area contributed by atoms with Gasteiger partial charge in [-0.25, -0.2) is 0 Å². The standard InChI is InChI=1S/C20H22ClNO2S/c1-15-4-2-3-5-18(15)19-10-11-22(12-13-25-19)20(23)14-24-17-8-6-16(21)7-9-17/h2-9,19H,10-14H2,1H3. The first kappa shape index (κ1) is 18.2. The lowest BCUT2D eigenvalue weighted by atomic mass is 10.0. The van der Waals surface area contributed by atoms with Crippen molar-refractivity contribution in [1.29, 1.82) is 0 Å². The topological polar surface area (TPSA) is 29.5 Å². The zero-order valence-corrected chi connectivity index (χ0v) is 15.9. The summed E-state index contributed by atoms with van der Waals surface area (Å²) in [5.74, 6) is 1.66. The van der Waals surface area contributed by atoms with E-state index in [-0.39, 0.29) is 12.5 Å². The van der Waals surface area contributed by atoms with Gasteiger partial charge in [0.25, 0.3) is 5.91 Å². The molecule has 0 aromatic heterocycles. The van der Waals surface area contributed by atoms with Gasteiger partial charge in [-0.1, -0.05) is 35.9 Å². The summed E-state index contributed by atoms with van der Waals surface area (Å²) in [4.78, 5) is 14.4. The first-order chi connectivity index (χ1) is 12.1. The molecule has 1 unspecified atom stereocenters. The van der Waals surface area contributed by atoms with Crippen molar-refractivity contribution < 1.29 is 9.53 Å². The normalized spacial score (nSPS) is 17.8. The molecule has 1 aliphatic rings. The molecule has 0 spiro atoms. The van der Waals surface area contributed by atoms with Gasteiger partial charge in [-0.3, -0.25) is 4.79 Å². The van der Waals surface area contributed by atoms with E-state index in [1.54, 1.807) is 24.3 Å². The van der Waals surface area contributed by atoms with E-state index >= 15 is 0 Å². The Morgan fingerprint density at radius 3 is 2.72 bits per heavy atom. The second kappa shape index (κ2) is 8.63. The zero-order chi connectivity index (χ0) is 17.6. The van der Waals surface area contributed by atoms with E-state index in [1.165, 1.54) is 11.1 Å². The molecule has 1 saturated heterocycles. The Labute approximate surface area is 158 Å². The maximum absolute atomic E-state index is 12.5. The van der Waals surface area contributed by atoms with Crippen LogP contribution in [0.1, 0.15) is 22.8 Å². The van der Waals surface area contributed by atoms with Crippen LogP contribution in [0, 0.1) is 6.92 Å². The van der Waals surface area contributed by atoms with Crippen LogP contribution in [0.2, 0.25) is 5.02 Å². The number of amides is 1. The van der Waals surface area contributed by atoms with Crippen LogP contribution in [-0.2, 0) is 4.79 Å². The van der Waals surface area contributed by atoms with Gasteiger partial charge in [0.15, 0.2) is 6.61 Å². The van der Waals surface area contributed by atoms with E-state index in [1.807, 2.05) is 16.7 Å². The molecule has 1 amide bonds. The highest BCUT2D eigenvalue weighted by atomic mass is 35.5. The smallest absolute Gasteiger partial charge is 0.260 e. The van der Waals surface area contributed by atoms with Gasteiger partial charge in [0.2, 0.25) is 0 Å². The fraction of sp³-hybridized carbons (Fsp3) is 0.350. The average molecular weight is 376 g/mol. The van der Waals surface area contributed by atoms with Gasteiger partial charge in [-0.15, -0.1) is 0 Å². The van der Waals surface area contributed by atoms with Crippen LogP contribution >= 0.6 is 23.4 Å². The highest BCUT2D eigenvalue weighted by Crippen LogP contribution is 2.35. The Morgan fingerprint density at radius 2 is 1.96 bits per heavy atom. The lowest BCUT2D eigenvalue weighted by Crippen LogP contribution is -2.36. The minimum absolute atomic E-state index is 0.0426. The van der Waals surface area contributed by atoms with Crippen molar-refractivity contribution in [3.05, 3.63) is 64.7 Å². The lowest BCUT2D eigenvalue weighted by Gasteiger charge is -2.21. The van der Waals surface area contributed by atoms with Crippen LogP contribution in [-0.4, -0.2) is 36.3 Å². The quantitative estimate of drug-likeness (QED) is 0.773. The predicted octanol–water partition coefficient (Wildman–Crippen LogP) is 4.73. The zero-order valence-electron chi connectivity index (χ0n) is 14.3. The molecule has 0 radical (unpaired) electrons. The molecule has 1 heterocycles. The summed E-state index contributed by atoms with van der Waals surface area (Å²) < 4.78 is 5.59. The van der Waals surface area contributed by atoms with Gasteiger partial charge in [0.1, 0.15) is 5.75 Å². The van der Waals surface area contributed by atoms with Gasteiger partial charge < -0.3 is 9.64 Å². The Morgan fingerprint density at radius 1 is 1.20 bits per heavy atom. The number of carbonyl (C=O) groups excluding carboxylic acids is 1. The number of carbonyl (C=O) groups is 1. The predicted molar refractivity (Wildman–Crippen MR) is 105 cm³/mol. The van der Waals surface area contributed by atoms with Gasteiger partial charge in [0.05, 0.1) is 0 Å². The molecule has 5 heteroatoms. The summed E-state index contributed by atoms with van der Waals surface area (Å²) >= 11 is 7.80. The van der Waals surface area contributed by atoms with Crippen LogP contribution in [0.3, 0.4) is 0 Å². The molecule has 0 saturated carbocycles. The number of thioether (sulfide) groups is 1. The highest BCUT2D eigenvalue weighted by Gasteiger charge is 2.23. The largest absolute Gasteiger partial charge is 0.484 e. The molecule has 0 bridgehead atoms. The molecule has 1 fully saturated rings. The molecule has 2 aromatic carbocycles. The Kier molecular flexibility index (Phi) is 6.27. The molecule has 25 heavy (non-hydrogen) atoms. The first-order valence-corrected chi connectivity index (χ1v) is 9.89. The lowest BCUT2D eigenvalue weighted by molar-refractivity contribution is -0.133. The van der Waals surface area contributed by atoms with Crippen molar-refractivity contribution in [2.45, 2.75) is 18.6 Å². The maximum atomic E-state index is 12.5. The van der Waals surface area contributed by atoms with Crippen LogP contribution in [0.4, 0.5) is 0 Å². The number of hydrogen-bond acceptors (Lipinski definition) is 3. The summed E-state index contributed by atoms with van der Waals surface area (Å²) in [6.07, 6.45) is 0.974. The molecular formula is C20H22ClNO2S. The van der Waals surface area contributed by atoms with Gasteiger partial charge >= 0.3 is 0 Å². The molecule has 0 N–H and O–H groups in total. The highest BCUT2D eigenvalue weighted by molar-refractivity contribution is 7.99. The van der Waals surface area contributed by atoms with Gasteiger partial charge in [-0.05, 0) is 48.7 Å². The summed E-state index contributed by atoms with van der Waals surface area (Å²) in [5, 5.41) is 1.11. The third-order valence-electron chi connectivity index (χ3n) is 4.41. The van der Waals surface area contributed by atoms with Crippen molar-refractivity contribution in [3.8, 4) is 5.75 Å². The van der Waals surface area contributed by atoms with Crippen LogP contribution in [0.25, 0.3) is 0 Å². The third kappa shape index (κ3) is 4.93. The number of hydrogen-bond donors (Lipinski definition) is 0. The van der Waals surface area contributed by atoms with Crippen molar-refractivity contribution in [2.24, 2.45) is 0 Å². The maximum Gasteiger partial charge on any atom is 0.260 e. The second-order valence-electron chi connectivity index (χ2n) is 6.13. The molecule has 0 aliphatic carbocycles. The minimum atomic E-state index is 0.0426. The first-order valence-electron chi connectivity index (χ1n) is 8.47. The molecule has 1 aliphatic heterocycles. The van der Waals surface area contributed by atoms with Crippen molar-refractivity contribution in [3.63, 3.8) is 0 Å². The van der Waals surface area contributed by atoms with Gasteiger partial charge in [0, 0.05) is 29.1 Å². The SMILES string of the molecule is Cc1ccccc1C1CCN(C(=O)COc2ccc(Cl)cc2)CCS1. The van der Waals surface area contributed by atoms with Crippen molar-refractivity contribution >= 4 is 29.3 Å². The van der Waals surface area contributed by atoms with E-state index in [9.17, 15) is 4.79 Å². The monoisotopic (exact) mass is 375 g/mol. The van der Waals surface area contributed by atoms with Crippen molar-refractivity contribution in [2.75, 3.05) is 25.4 Å². The van der Waals surface area contributed by atoms with Gasteiger partial charge in [-0.2, -0.15) is 11.8 Å². The van der Waals surface area contributed by atoms with Crippen LogP contribution in [0.5, 0.6) is 5.75 Å². The number of ether oxygens (including phenoxy) is 1. The third-order valence-corrected chi connectivity index (χ3v) is 5.97. The molecule has 3 nitrogen and oxygen atoms in total. The fourth-order valence-electron chi connectivity index (χ4n) is 2.98. The van der Waals surface area contributed by atoms with E-state index in [0.29, 0.717) is 16.0 Å². The Hall–Kier alpha value is -1.65. The molecule has 2 aromatic rings. The minimum Gasteiger partial charge on any atom is -0.484 e. The molecule has 132 valence electrons. The van der Waals surface area contributed by atoms with E-state index in [2.05, 4.69) is 31.2 Å². The molecule has 1 atom stereocenters. The summed E-state index contributed by atoms with van der Waals surface area (Å²) in [6.45, 7) is 3.77. The summed E-state index contributed by atoms with van der Waals surface area (Å²) in [5.41, 5.74) is 2.71.